The number of nitrogens with one attached hydrogen (secondary N) is 1. The van der Waals surface area contributed by atoms with Gasteiger partial charge in [-0.3, -0.25) is 9.10 Å². The van der Waals surface area contributed by atoms with E-state index in [1.807, 2.05) is 26.8 Å². The molecule has 0 saturated carbocycles. The SMILES string of the molecule is CCOc1ccc(NC(=O)CN(c2cc(C)cc(C)c2)S(=O)(=O)c2ccc(OC)c(OC)c2)cc1. The van der Waals surface area contributed by atoms with Crippen molar-refractivity contribution in [2.24, 2.45) is 0 Å². The van der Waals surface area contributed by atoms with Crippen LogP contribution in [0.4, 0.5) is 11.4 Å². The van der Waals surface area contributed by atoms with Gasteiger partial charge in [-0.1, -0.05) is 6.07 Å². The fourth-order valence-electron chi connectivity index (χ4n) is 3.65. The number of hydrogen-bond donors (Lipinski definition) is 1. The summed E-state index contributed by atoms with van der Waals surface area (Å²) < 4.78 is 44.6. The van der Waals surface area contributed by atoms with Crippen LogP contribution in [-0.2, 0) is 14.8 Å². The Labute approximate surface area is 206 Å². The van der Waals surface area contributed by atoms with E-state index in [-0.39, 0.29) is 10.6 Å². The van der Waals surface area contributed by atoms with Crippen LogP contribution < -0.4 is 23.8 Å². The highest BCUT2D eigenvalue weighted by molar-refractivity contribution is 7.92. The number of benzene rings is 3. The summed E-state index contributed by atoms with van der Waals surface area (Å²) >= 11 is 0. The number of aryl methyl sites for hydroxylation is 2. The third-order valence-corrected chi connectivity index (χ3v) is 6.94. The molecule has 0 spiro atoms. The van der Waals surface area contributed by atoms with E-state index in [2.05, 4.69) is 5.32 Å². The van der Waals surface area contributed by atoms with Crippen LogP contribution in [0, 0.1) is 13.8 Å². The van der Waals surface area contributed by atoms with Crippen LogP contribution in [0.2, 0.25) is 0 Å². The maximum absolute atomic E-state index is 13.8. The molecule has 0 unspecified atom stereocenters. The highest BCUT2D eigenvalue weighted by atomic mass is 32.2. The summed E-state index contributed by atoms with van der Waals surface area (Å²) in [5.41, 5.74) is 2.67. The number of methoxy groups -OCH3 is 2. The Kier molecular flexibility index (Phi) is 8.24. The van der Waals surface area contributed by atoms with Gasteiger partial charge in [-0.15, -0.1) is 0 Å². The summed E-state index contributed by atoms with van der Waals surface area (Å²) in [6.45, 7) is 5.74. The molecule has 0 aliphatic carbocycles. The molecule has 0 radical (unpaired) electrons. The lowest BCUT2D eigenvalue weighted by Gasteiger charge is -2.25. The lowest BCUT2D eigenvalue weighted by molar-refractivity contribution is -0.114. The van der Waals surface area contributed by atoms with Crippen LogP contribution in [0.1, 0.15) is 18.1 Å². The molecule has 3 aromatic rings. The van der Waals surface area contributed by atoms with Crippen LogP contribution >= 0.6 is 0 Å². The first-order chi connectivity index (χ1) is 16.7. The second kappa shape index (κ2) is 11.1. The molecule has 0 fully saturated rings. The van der Waals surface area contributed by atoms with E-state index in [0.29, 0.717) is 29.5 Å². The monoisotopic (exact) mass is 498 g/mol. The Bertz CT molecular complexity index is 1270. The van der Waals surface area contributed by atoms with Crippen molar-refractivity contribution in [1.82, 2.24) is 0 Å². The molecule has 0 aliphatic rings. The van der Waals surface area contributed by atoms with Gasteiger partial charge >= 0.3 is 0 Å². The van der Waals surface area contributed by atoms with Crippen molar-refractivity contribution >= 4 is 27.3 Å². The number of rotatable bonds is 10. The number of ether oxygens (including phenoxy) is 3. The molecule has 3 rings (SSSR count). The predicted octanol–water partition coefficient (Wildman–Crippen LogP) is 4.55. The topological polar surface area (TPSA) is 94.2 Å². The van der Waals surface area contributed by atoms with E-state index < -0.39 is 22.5 Å². The molecule has 0 aliphatic heterocycles. The maximum atomic E-state index is 13.8. The van der Waals surface area contributed by atoms with Crippen LogP contribution in [0.15, 0.2) is 65.6 Å². The Morgan fingerprint density at radius 3 is 2.09 bits per heavy atom. The van der Waals surface area contributed by atoms with Crippen molar-refractivity contribution in [2.75, 3.05) is 37.0 Å². The molecule has 186 valence electrons. The third-order valence-electron chi connectivity index (χ3n) is 5.17. The third kappa shape index (κ3) is 6.24. The minimum absolute atomic E-state index is 0.0248. The van der Waals surface area contributed by atoms with Gasteiger partial charge in [-0.25, -0.2) is 8.42 Å². The number of anilines is 2. The molecule has 0 bridgehead atoms. The Morgan fingerprint density at radius 2 is 1.51 bits per heavy atom. The fourth-order valence-corrected chi connectivity index (χ4v) is 5.07. The lowest BCUT2D eigenvalue weighted by Crippen LogP contribution is -2.38. The average Bonchev–Trinajstić information content (AvgIpc) is 2.82. The molecule has 9 heteroatoms. The zero-order valence-corrected chi connectivity index (χ0v) is 21.3. The molecule has 1 amide bonds. The van der Waals surface area contributed by atoms with Crippen molar-refractivity contribution in [3.8, 4) is 17.2 Å². The molecule has 35 heavy (non-hydrogen) atoms. The van der Waals surface area contributed by atoms with E-state index in [9.17, 15) is 13.2 Å². The highest BCUT2D eigenvalue weighted by Crippen LogP contribution is 2.32. The summed E-state index contributed by atoms with van der Waals surface area (Å²) in [6.07, 6.45) is 0. The quantitative estimate of drug-likeness (QED) is 0.441. The molecular weight excluding hydrogens is 468 g/mol. The Hall–Kier alpha value is -3.72. The minimum Gasteiger partial charge on any atom is -0.494 e. The Morgan fingerprint density at radius 1 is 0.886 bits per heavy atom. The number of nitrogens with zero attached hydrogens (tertiary/aromatic N) is 1. The smallest absolute Gasteiger partial charge is 0.264 e. The van der Waals surface area contributed by atoms with Crippen LogP contribution in [0.5, 0.6) is 17.2 Å². The maximum Gasteiger partial charge on any atom is 0.264 e. The van der Waals surface area contributed by atoms with E-state index in [1.165, 1.54) is 32.4 Å². The van der Waals surface area contributed by atoms with Crippen molar-refractivity contribution in [1.29, 1.82) is 0 Å². The van der Waals surface area contributed by atoms with Gasteiger partial charge in [-0.2, -0.15) is 0 Å². The summed E-state index contributed by atoms with van der Waals surface area (Å²) in [6, 6.07) is 16.6. The van der Waals surface area contributed by atoms with Gasteiger partial charge in [0.2, 0.25) is 5.91 Å². The van der Waals surface area contributed by atoms with Gasteiger partial charge < -0.3 is 19.5 Å². The van der Waals surface area contributed by atoms with Gasteiger partial charge in [-0.05, 0) is 80.4 Å². The summed E-state index contributed by atoms with van der Waals surface area (Å²) in [7, 11) is -1.23. The fraction of sp³-hybridized carbons (Fsp3) is 0.269. The Balaban J connectivity index is 1.97. The van der Waals surface area contributed by atoms with Crippen molar-refractivity contribution < 1.29 is 27.4 Å². The van der Waals surface area contributed by atoms with Crippen LogP contribution in [-0.4, -0.2) is 41.7 Å². The normalized spacial score (nSPS) is 11.0. The van der Waals surface area contributed by atoms with E-state index in [0.717, 1.165) is 15.4 Å². The lowest BCUT2D eigenvalue weighted by atomic mass is 10.1. The zero-order valence-electron chi connectivity index (χ0n) is 20.5. The van der Waals surface area contributed by atoms with E-state index in [1.54, 1.807) is 36.4 Å². The average molecular weight is 499 g/mol. The zero-order chi connectivity index (χ0) is 25.6. The van der Waals surface area contributed by atoms with Crippen molar-refractivity contribution in [3.05, 3.63) is 71.8 Å². The standard InChI is InChI=1S/C26H30N2O6S/c1-6-34-22-9-7-20(8-10-22)27-26(29)17-28(21-14-18(2)13-19(3)15-21)35(30,31)23-11-12-24(32-4)25(16-23)33-5/h7-16H,6,17H2,1-5H3,(H,27,29). The first-order valence-electron chi connectivity index (χ1n) is 11.0. The van der Waals surface area contributed by atoms with Crippen LogP contribution in [0.25, 0.3) is 0 Å². The molecule has 3 aromatic carbocycles. The minimum atomic E-state index is -4.13. The summed E-state index contributed by atoms with van der Waals surface area (Å²) in [5.74, 6) is 0.862. The molecule has 8 nitrogen and oxygen atoms in total. The second-order valence-electron chi connectivity index (χ2n) is 7.88. The molecule has 0 heterocycles. The molecular formula is C26H30N2O6S. The first-order valence-corrected chi connectivity index (χ1v) is 12.5. The summed E-state index contributed by atoms with van der Waals surface area (Å²) in [5, 5.41) is 2.76. The molecule has 1 N–H and O–H groups in total. The van der Waals surface area contributed by atoms with Crippen molar-refractivity contribution in [2.45, 2.75) is 25.7 Å². The molecule has 0 saturated heterocycles. The summed E-state index contributed by atoms with van der Waals surface area (Å²) in [4.78, 5) is 13.0. The first kappa shape index (κ1) is 25.9. The van der Waals surface area contributed by atoms with Gasteiger partial charge in [0.05, 0.1) is 31.4 Å². The van der Waals surface area contributed by atoms with Gasteiger partial charge in [0.1, 0.15) is 12.3 Å². The number of sulfonamides is 1. The van der Waals surface area contributed by atoms with Gasteiger partial charge in [0, 0.05) is 11.8 Å². The number of carbonyl (C=O) groups excluding carboxylic acids is 1. The van der Waals surface area contributed by atoms with E-state index >= 15 is 0 Å². The number of amides is 1. The van der Waals surface area contributed by atoms with Crippen molar-refractivity contribution in [3.63, 3.8) is 0 Å². The molecule has 0 atom stereocenters. The van der Waals surface area contributed by atoms with Gasteiger partial charge in [0.15, 0.2) is 11.5 Å². The molecule has 0 aromatic heterocycles. The number of hydrogen-bond acceptors (Lipinski definition) is 6. The second-order valence-corrected chi connectivity index (χ2v) is 9.74. The largest absolute Gasteiger partial charge is 0.494 e. The van der Waals surface area contributed by atoms with Crippen LogP contribution in [0.3, 0.4) is 0 Å². The highest BCUT2D eigenvalue weighted by Gasteiger charge is 2.29. The predicted molar refractivity (Wildman–Crippen MR) is 136 cm³/mol. The number of carbonyl (C=O) groups is 1. The van der Waals surface area contributed by atoms with Gasteiger partial charge in [0.25, 0.3) is 10.0 Å². The van der Waals surface area contributed by atoms with E-state index in [4.69, 9.17) is 14.2 Å².